The number of non-ortho nitro benzene ring substituents is 1. The second-order valence-electron chi connectivity index (χ2n) is 3.23. The summed E-state index contributed by atoms with van der Waals surface area (Å²) >= 11 is 5.56. The Morgan fingerprint density at radius 2 is 2.14 bits per heavy atom. The Morgan fingerprint density at radius 1 is 1.43 bits per heavy atom. The highest BCUT2D eigenvalue weighted by atomic mass is 35.5. The van der Waals surface area contributed by atoms with Gasteiger partial charge in [-0.2, -0.15) is 0 Å². The lowest BCUT2D eigenvalue weighted by atomic mass is 10.1. The first kappa shape index (κ1) is 11.0. The first-order valence-electron chi connectivity index (χ1n) is 4.44. The van der Waals surface area contributed by atoms with Crippen LogP contribution in [0.25, 0.3) is 0 Å². The molecule has 0 atom stereocenters. The van der Waals surface area contributed by atoms with E-state index in [0.29, 0.717) is 5.88 Å². The molecule has 1 aromatic rings. The number of nitro benzene ring substituents is 1. The zero-order valence-corrected chi connectivity index (χ0v) is 8.75. The second kappa shape index (κ2) is 4.96. The largest absolute Gasteiger partial charge is 0.269 e. The van der Waals surface area contributed by atoms with Gasteiger partial charge in [-0.15, -0.1) is 11.6 Å². The number of nitrogens with zero attached hydrogens (tertiary/aromatic N) is 1. The molecule has 0 amide bonds. The van der Waals surface area contributed by atoms with Gasteiger partial charge in [-0.05, 0) is 30.9 Å². The Morgan fingerprint density at radius 3 is 2.71 bits per heavy atom. The third-order valence-electron chi connectivity index (χ3n) is 1.93. The third-order valence-corrected chi connectivity index (χ3v) is 2.20. The fraction of sp³-hybridized carbons (Fsp3) is 0.400. The average molecular weight is 214 g/mol. The molecule has 0 saturated heterocycles. The molecule has 76 valence electrons. The van der Waals surface area contributed by atoms with E-state index in [2.05, 4.69) is 0 Å². The van der Waals surface area contributed by atoms with Crippen molar-refractivity contribution in [3.05, 3.63) is 39.4 Å². The predicted octanol–water partition coefficient (Wildman–Crippen LogP) is 3.07. The highest BCUT2D eigenvalue weighted by Crippen LogP contribution is 2.17. The minimum atomic E-state index is -0.364. The maximum atomic E-state index is 10.6. The zero-order valence-electron chi connectivity index (χ0n) is 8.00. The van der Waals surface area contributed by atoms with Crippen molar-refractivity contribution in [1.29, 1.82) is 0 Å². The van der Waals surface area contributed by atoms with Gasteiger partial charge in [-0.25, -0.2) is 0 Å². The van der Waals surface area contributed by atoms with Crippen LogP contribution in [0.5, 0.6) is 0 Å². The molecule has 0 N–H and O–H groups in total. The number of hydrogen-bond donors (Lipinski definition) is 0. The highest BCUT2D eigenvalue weighted by molar-refractivity contribution is 6.17. The molecular formula is C10H12ClNO2. The van der Waals surface area contributed by atoms with Gasteiger partial charge in [0, 0.05) is 18.0 Å². The molecule has 0 fully saturated rings. The lowest BCUT2D eigenvalue weighted by molar-refractivity contribution is -0.385. The number of alkyl halides is 1. The first-order valence-corrected chi connectivity index (χ1v) is 4.98. The first-order chi connectivity index (χ1) is 6.63. The van der Waals surface area contributed by atoms with Crippen LogP contribution in [0.3, 0.4) is 0 Å². The van der Waals surface area contributed by atoms with Gasteiger partial charge in [0.1, 0.15) is 0 Å². The van der Waals surface area contributed by atoms with E-state index in [-0.39, 0.29) is 10.6 Å². The van der Waals surface area contributed by atoms with Crippen molar-refractivity contribution in [2.75, 3.05) is 5.88 Å². The minimum Gasteiger partial charge on any atom is -0.258 e. The molecule has 0 radical (unpaired) electrons. The Balaban J connectivity index is 2.89. The van der Waals surface area contributed by atoms with E-state index in [0.717, 1.165) is 24.0 Å². The average Bonchev–Trinajstić information content (AvgIpc) is 2.14. The summed E-state index contributed by atoms with van der Waals surface area (Å²) in [6.45, 7) is 1.86. The van der Waals surface area contributed by atoms with Crippen LogP contribution < -0.4 is 0 Å². The van der Waals surface area contributed by atoms with Crippen molar-refractivity contribution in [3.63, 3.8) is 0 Å². The lowest BCUT2D eigenvalue weighted by Crippen LogP contribution is -1.93. The molecule has 0 aliphatic rings. The Bertz CT molecular complexity index is 339. The Kier molecular flexibility index (Phi) is 3.89. The van der Waals surface area contributed by atoms with Crippen LogP contribution in [-0.2, 0) is 6.42 Å². The van der Waals surface area contributed by atoms with E-state index in [1.165, 1.54) is 0 Å². The molecule has 0 saturated carbocycles. The summed E-state index contributed by atoms with van der Waals surface area (Å²) in [5.41, 5.74) is 2.07. The van der Waals surface area contributed by atoms with Crippen LogP contribution in [0.4, 0.5) is 5.69 Å². The molecule has 0 spiro atoms. The summed E-state index contributed by atoms with van der Waals surface area (Å²) in [4.78, 5) is 10.2. The standard InChI is InChI=1S/C10H12ClNO2/c1-8-5-9(3-2-4-11)7-10(6-8)12(13)14/h5-7H,2-4H2,1H3. The van der Waals surface area contributed by atoms with Crippen LogP contribution in [0, 0.1) is 17.0 Å². The molecule has 0 heterocycles. The molecule has 14 heavy (non-hydrogen) atoms. The molecular weight excluding hydrogens is 202 g/mol. The number of hydrogen-bond acceptors (Lipinski definition) is 2. The van der Waals surface area contributed by atoms with Crippen molar-refractivity contribution in [1.82, 2.24) is 0 Å². The normalized spacial score (nSPS) is 10.1. The second-order valence-corrected chi connectivity index (χ2v) is 3.60. The molecule has 1 rings (SSSR count). The van der Waals surface area contributed by atoms with Crippen molar-refractivity contribution in [3.8, 4) is 0 Å². The van der Waals surface area contributed by atoms with Gasteiger partial charge < -0.3 is 0 Å². The van der Waals surface area contributed by atoms with E-state index in [9.17, 15) is 10.1 Å². The number of benzene rings is 1. The minimum absolute atomic E-state index is 0.162. The number of halogens is 1. The van der Waals surface area contributed by atoms with Gasteiger partial charge in [0.2, 0.25) is 0 Å². The number of aryl methyl sites for hydroxylation is 2. The van der Waals surface area contributed by atoms with Crippen molar-refractivity contribution in [2.45, 2.75) is 19.8 Å². The number of rotatable bonds is 4. The fourth-order valence-corrected chi connectivity index (χ4v) is 1.49. The fourth-order valence-electron chi connectivity index (χ4n) is 1.36. The number of nitro groups is 1. The zero-order chi connectivity index (χ0) is 10.6. The van der Waals surface area contributed by atoms with Crippen LogP contribution in [0.1, 0.15) is 17.5 Å². The van der Waals surface area contributed by atoms with Crippen molar-refractivity contribution >= 4 is 17.3 Å². The van der Waals surface area contributed by atoms with Crippen molar-refractivity contribution in [2.24, 2.45) is 0 Å². The summed E-state index contributed by atoms with van der Waals surface area (Å²) in [5, 5.41) is 10.6. The molecule has 3 nitrogen and oxygen atoms in total. The van der Waals surface area contributed by atoms with Crippen LogP contribution in [0.2, 0.25) is 0 Å². The van der Waals surface area contributed by atoms with E-state index in [1.54, 1.807) is 12.1 Å². The summed E-state index contributed by atoms with van der Waals surface area (Å²) in [6, 6.07) is 5.14. The summed E-state index contributed by atoms with van der Waals surface area (Å²) < 4.78 is 0. The monoisotopic (exact) mass is 213 g/mol. The molecule has 0 aliphatic carbocycles. The van der Waals surface area contributed by atoms with Gasteiger partial charge in [-0.1, -0.05) is 6.07 Å². The molecule has 0 bridgehead atoms. The van der Waals surface area contributed by atoms with Crippen LogP contribution in [0.15, 0.2) is 18.2 Å². The predicted molar refractivity (Wildman–Crippen MR) is 56.9 cm³/mol. The van der Waals surface area contributed by atoms with Crippen LogP contribution >= 0.6 is 11.6 Å². The van der Waals surface area contributed by atoms with E-state index in [4.69, 9.17) is 11.6 Å². The summed E-state index contributed by atoms with van der Waals surface area (Å²) in [7, 11) is 0. The van der Waals surface area contributed by atoms with Crippen molar-refractivity contribution < 1.29 is 4.92 Å². The molecule has 0 aliphatic heterocycles. The lowest BCUT2D eigenvalue weighted by Gasteiger charge is -2.01. The Hall–Kier alpha value is -1.09. The quantitative estimate of drug-likeness (QED) is 0.438. The highest BCUT2D eigenvalue weighted by Gasteiger charge is 2.07. The molecule has 4 heteroatoms. The molecule has 1 aromatic carbocycles. The van der Waals surface area contributed by atoms with Crippen LogP contribution in [-0.4, -0.2) is 10.8 Å². The molecule has 0 aromatic heterocycles. The van der Waals surface area contributed by atoms with E-state index < -0.39 is 0 Å². The summed E-state index contributed by atoms with van der Waals surface area (Å²) in [6.07, 6.45) is 1.65. The van der Waals surface area contributed by atoms with E-state index >= 15 is 0 Å². The van der Waals surface area contributed by atoms with Gasteiger partial charge in [-0.3, -0.25) is 10.1 Å². The maximum absolute atomic E-state index is 10.6. The smallest absolute Gasteiger partial charge is 0.258 e. The van der Waals surface area contributed by atoms with Gasteiger partial charge in [0.15, 0.2) is 0 Å². The molecule has 0 unspecified atom stereocenters. The van der Waals surface area contributed by atoms with E-state index in [1.807, 2.05) is 13.0 Å². The van der Waals surface area contributed by atoms with Gasteiger partial charge in [0.25, 0.3) is 5.69 Å². The van der Waals surface area contributed by atoms with Gasteiger partial charge >= 0.3 is 0 Å². The third kappa shape index (κ3) is 3.00. The Labute approximate surface area is 87.8 Å². The van der Waals surface area contributed by atoms with Gasteiger partial charge in [0.05, 0.1) is 4.92 Å². The topological polar surface area (TPSA) is 43.1 Å². The SMILES string of the molecule is Cc1cc(CCCCl)cc([N+](=O)[O-])c1. The maximum Gasteiger partial charge on any atom is 0.269 e. The summed E-state index contributed by atoms with van der Waals surface area (Å²) in [5.74, 6) is 0.585.